The molecule has 0 unspecified atom stereocenters. The monoisotopic (exact) mass is 431 g/mol. The predicted molar refractivity (Wildman–Crippen MR) is 103 cm³/mol. The van der Waals surface area contributed by atoms with E-state index in [1.54, 1.807) is 29.8 Å². The van der Waals surface area contributed by atoms with Gasteiger partial charge in [0.05, 0.1) is 28.0 Å². The molecular weight excluding hydrogens is 414 g/mol. The summed E-state index contributed by atoms with van der Waals surface area (Å²) in [4.78, 5) is 23.6. The SMILES string of the molecule is Cc1ccc(C(=O)O)cc1NC(=O)c1ccc(Cn2nc(C)c(Br)c2C)o1. The van der Waals surface area contributed by atoms with E-state index < -0.39 is 11.9 Å². The second-order valence-electron chi connectivity index (χ2n) is 6.20. The minimum atomic E-state index is -1.05. The number of aromatic carboxylic acids is 1. The van der Waals surface area contributed by atoms with Gasteiger partial charge in [-0.25, -0.2) is 4.79 Å². The van der Waals surface area contributed by atoms with Crippen molar-refractivity contribution >= 4 is 33.5 Å². The minimum Gasteiger partial charge on any atom is -0.478 e. The van der Waals surface area contributed by atoms with Crippen LogP contribution < -0.4 is 5.32 Å². The Balaban J connectivity index is 1.76. The Kier molecular flexibility index (Phi) is 5.18. The number of carboxylic acid groups (broad SMARTS) is 1. The zero-order chi connectivity index (χ0) is 19.7. The van der Waals surface area contributed by atoms with Crippen molar-refractivity contribution < 1.29 is 19.1 Å². The van der Waals surface area contributed by atoms with E-state index in [4.69, 9.17) is 9.52 Å². The molecule has 7 nitrogen and oxygen atoms in total. The third-order valence-corrected chi connectivity index (χ3v) is 5.36. The van der Waals surface area contributed by atoms with Crippen LogP contribution in [0.3, 0.4) is 0 Å². The minimum absolute atomic E-state index is 0.103. The highest BCUT2D eigenvalue weighted by molar-refractivity contribution is 9.10. The number of carbonyl (C=O) groups excluding carboxylic acids is 1. The Labute approximate surface area is 164 Å². The molecule has 3 aromatic rings. The van der Waals surface area contributed by atoms with Crippen molar-refractivity contribution in [2.24, 2.45) is 0 Å². The summed E-state index contributed by atoms with van der Waals surface area (Å²) in [6.07, 6.45) is 0. The number of nitrogens with one attached hydrogen (secondary N) is 1. The molecule has 0 aliphatic carbocycles. The van der Waals surface area contributed by atoms with Crippen LogP contribution in [0, 0.1) is 20.8 Å². The molecule has 2 N–H and O–H groups in total. The van der Waals surface area contributed by atoms with E-state index in [2.05, 4.69) is 26.3 Å². The molecule has 1 amide bonds. The highest BCUT2D eigenvalue weighted by atomic mass is 79.9. The Morgan fingerprint density at radius 2 is 1.96 bits per heavy atom. The Morgan fingerprint density at radius 1 is 1.22 bits per heavy atom. The number of hydrogen-bond donors (Lipinski definition) is 2. The maximum absolute atomic E-state index is 12.5. The van der Waals surface area contributed by atoms with Gasteiger partial charge in [0.15, 0.2) is 5.76 Å². The molecule has 0 bridgehead atoms. The zero-order valence-corrected chi connectivity index (χ0v) is 16.6. The van der Waals surface area contributed by atoms with Gasteiger partial charge in [0.25, 0.3) is 5.91 Å². The second-order valence-corrected chi connectivity index (χ2v) is 6.99. The fourth-order valence-electron chi connectivity index (χ4n) is 2.64. The number of rotatable bonds is 5. The van der Waals surface area contributed by atoms with Gasteiger partial charge in [-0.2, -0.15) is 5.10 Å². The summed E-state index contributed by atoms with van der Waals surface area (Å²) in [5, 5.41) is 16.2. The zero-order valence-electron chi connectivity index (χ0n) is 15.0. The molecule has 8 heteroatoms. The summed E-state index contributed by atoms with van der Waals surface area (Å²) in [6, 6.07) is 7.87. The quantitative estimate of drug-likeness (QED) is 0.631. The topological polar surface area (TPSA) is 97.4 Å². The summed E-state index contributed by atoms with van der Waals surface area (Å²) in [5.74, 6) is -0.761. The van der Waals surface area contributed by atoms with E-state index in [0.29, 0.717) is 18.0 Å². The summed E-state index contributed by atoms with van der Waals surface area (Å²) < 4.78 is 8.38. The lowest BCUT2D eigenvalue weighted by Crippen LogP contribution is -2.12. The largest absolute Gasteiger partial charge is 0.478 e. The summed E-state index contributed by atoms with van der Waals surface area (Å²) in [7, 11) is 0. The summed E-state index contributed by atoms with van der Waals surface area (Å²) in [6.45, 7) is 6.04. The molecule has 0 saturated carbocycles. The predicted octanol–water partition coefficient (Wildman–Crippen LogP) is 4.16. The van der Waals surface area contributed by atoms with E-state index in [1.165, 1.54) is 12.1 Å². The molecule has 2 aromatic heterocycles. The molecule has 0 spiro atoms. The van der Waals surface area contributed by atoms with E-state index >= 15 is 0 Å². The average Bonchev–Trinajstić information content (AvgIpc) is 3.18. The van der Waals surface area contributed by atoms with Gasteiger partial charge in [-0.1, -0.05) is 6.07 Å². The van der Waals surface area contributed by atoms with Crippen LogP contribution in [-0.4, -0.2) is 26.8 Å². The molecule has 2 heterocycles. The molecular formula is C19H18BrN3O4. The van der Waals surface area contributed by atoms with Gasteiger partial charge in [0, 0.05) is 5.69 Å². The molecule has 0 saturated heterocycles. The molecule has 0 atom stereocenters. The first-order valence-electron chi connectivity index (χ1n) is 8.19. The van der Waals surface area contributed by atoms with Crippen LogP contribution in [0.15, 0.2) is 39.2 Å². The lowest BCUT2D eigenvalue weighted by molar-refractivity contribution is 0.0696. The fourth-order valence-corrected chi connectivity index (χ4v) is 2.92. The molecule has 0 aliphatic heterocycles. The first-order chi connectivity index (χ1) is 12.8. The Morgan fingerprint density at radius 3 is 2.59 bits per heavy atom. The van der Waals surface area contributed by atoms with Gasteiger partial charge < -0.3 is 14.8 Å². The smallest absolute Gasteiger partial charge is 0.335 e. The summed E-state index contributed by atoms with van der Waals surface area (Å²) in [5.41, 5.74) is 3.14. The van der Waals surface area contributed by atoms with Gasteiger partial charge in [-0.3, -0.25) is 9.48 Å². The van der Waals surface area contributed by atoms with Crippen LogP contribution in [0.4, 0.5) is 5.69 Å². The van der Waals surface area contributed by atoms with Crippen LogP contribution in [0.25, 0.3) is 0 Å². The van der Waals surface area contributed by atoms with Crippen molar-refractivity contribution in [3.63, 3.8) is 0 Å². The summed E-state index contributed by atoms with van der Waals surface area (Å²) >= 11 is 3.48. The molecule has 0 radical (unpaired) electrons. The first kappa shape index (κ1) is 18.9. The molecule has 3 rings (SSSR count). The molecule has 0 fully saturated rings. The van der Waals surface area contributed by atoms with Crippen LogP contribution in [0.2, 0.25) is 0 Å². The third-order valence-electron chi connectivity index (χ3n) is 4.22. The lowest BCUT2D eigenvalue weighted by atomic mass is 10.1. The maximum atomic E-state index is 12.5. The maximum Gasteiger partial charge on any atom is 0.335 e. The van der Waals surface area contributed by atoms with E-state index in [9.17, 15) is 9.59 Å². The normalized spacial score (nSPS) is 10.8. The number of nitrogens with zero attached hydrogens (tertiary/aromatic N) is 2. The second kappa shape index (κ2) is 7.40. The number of aryl methyl sites for hydroxylation is 2. The highest BCUT2D eigenvalue weighted by Gasteiger charge is 2.16. The van der Waals surface area contributed by atoms with E-state index in [-0.39, 0.29) is 11.3 Å². The Hall–Kier alpha value is -2.87. The standard InChI is InChI=1S/C19H18BrN3O4/c1-10-4-5-13(19(25)26)8-15(10)21-18(24)16-7-6-14(27-16)9-23-12(3)17(20)11(2)22-23/h4-8H,9H2,1-3H3,(H,21,24)(H,25,26). The van der Waals surface area contributed by atoms with E-state index in [0.717, 1.165) is 21.4 Å². The number of amides is 1. The van der Waals surface area contributed by atoms with Crippen molar-refractivity contribution in [1.82, 2.24) is 9.78 Å². The van der Waals surface area contributed by atoms with Crippen LogP contribution >= 0.6 is 15.9 Å². The van der Waals surface area contributed by atoms with Crippen LogP contribution in [-0.2, 0) is 6.54 Å². The van der Waals surface area contributed by atoms with Crippen molar-refractivity contribution in [2.45, 2.75) is 27.3 Å². The van der Waals surface area contributed by atoms with Crippen molar-refractivity contribution in [3.05, 3.63) is 68.8 Å². The lowest BCUT2D eigenvalue weighted by Gasteiger charge is -2.08. The Bertz CT molecular complexity index is 1040. The van der Waals surface area contributed by atoms with Gasteiger partial charge in [-0.15, -0.1) is 0 Å². The van der Waals surface area contributed by atoms with E-state index in [1.807, 2.05) is 13.8 Å². The number of aromatic nitrogens is 2. The number of carboxylic acids is 1. The fraction of sp³-hybridized carbons (Fsp3) is 0.211. The molecule has 27 heavy (non-hydrogen) atoms. The molecule has 1 aromatic carbocycles. The third kappa shape index (κ3) is 3.95. The van der Waals surface area contributed by atoms with Gasteiger partial charge >= 0.3 is 5.97 Å². The number of carbonyl (C=O) groups is 2. The van der Waals surface area contributed by atoms with Crippen molar-refractivity contribution in [2.75, 3.05) is 5.32 Å². The van der Waals surface area contributed by atoms with Crippen LogP contribution in [0.5, 0.6) is 0 Å². The highest BCUT2D eigenvalue weighted by Crippen LogP contribution is 2.22. The molecule has 0 aliphatic rings. The van der Waals surface area contributed by atoms with Gasteiger partial charge in [0.1, 0.15) is 5.76 Å². The molecule has 140 valence electrons. The number of halogens is 1. The number of hydrogen-bond acceptors (Lipinski definition) is 4. The average molecular weight is 432 g/mol. The first-order valence-corrected chi connectivity index (χ1v) is 8.99. The van der Waals surface area contributed by atoms with Crippen molar-refractivity contribution in [3.8, 4) is 0 Å². The van der Waals surface area contributed by atoms with Gasteiger partial charge in [0.2, 0.25) is 0 Å². The number of anilines is 1. The number of benzene rings is 1. The van der Waals surface area contributed by atoms with Gasteiger partial charge in [-0.05, 0) is 66.5 Å². The van der Waals surface area contributed by atoms with Crippen molar-refractivity contribution in [1.29, 1.82) is 0 Å². The van der Waals surface area contributed by atoms with Crippen LogP contribution in [0.1, 0.15) is 43.6 Å². The number of furan rings is 1.